The first-order valence-electron chi connectivity index (χ1n) is 6.47. The molecule has 1 saturated heterocycles. The van der Waals surface area contributed by atoms with Crippen molar-refractivity contribution in [2.24, 2.45) is 0 Å². The van der Waals surface area contributed by atoms with Crippen molar-refractivity contribution in [2.75, 3.05) is 23.4 Å². The van der Waals surface area contributed by atoms with Crippen molar-refractivity contribution in [1.82, 2.24) is 5.32 Å². The molecule has 0 radical (unpaired) electrons. The van der Waals surface area contributed by atoms with Crippen molar-refractivity contribution in [1.29, 1.82) is 0 Å². The summed E-state index contributed by atoms with van der Waals surface area (Å²) in [5, 5.41) is 2.27. The Bertz CT molecular complexity index is 697. The van der Waals surface area contributed by atoms with Crippen molar-refractivity contribution in [2.45, 2.75) is 13.0 Å². The average molecular weight is 287 g/mol. The molecule has 1 aromatic carbocycles. The van der Waals surface area contributed by atoms with E-state index in [0.717, 1.165) is 0 Å². The van der Waals surface area contributed by atoms with Gasteiger partial charge in [0.25, 0.3) is 11.7 Å². The molecular weight excluding hydrogens is 274 g/mol. The zero-order chi connectivity index (χ0) is 15.3. The lowest BCUT2D eigenvalue weighted by Gasteiger charge is -2.33. The average Bonchev–Trinajstić information content (AvgIpc) is 2.67. The van der Waals surface area contributed by atoms with Gasteiger partial charge in [0.1, 0.15) is 6.04 Å². The summed E-state index contributed by atoms with van der Waals surface area (Å²) in [6.45, 7) is 1.74. The number of hydrogen-bond acceptors (Lipinski definition) is 5. The summed E-state index contributed by atoms with van der Waals surface area (Å²) in [4.78, 5) is 49.5. The lowest BCUT2D eigenvalue weighted by atomic mass is 10.1. The minimum absolute atomic E-state index is 0.0529. The molecule has 21 heavy (non-hydrogen) atoms. The van der Waals surface area contributed by atoms with E-state index in [1.54, 1.807) is 30.0 Å². The van der Waals surface area contributed by atoms with E-state index in [0.29, 0.717) is 16.9 Å². The fraction of sp³-hybridized carbons (Fsp3) is 0.286. The first-order chi connectivity index (χ1) is 9.90. The SMILES string of the molecule is CC1C(=O)NC(=O)CN1c1ccc2c(c1)N(C)C(=O)C2=O. The Labute approximate surface area is 120 Å². The van der Waals surface area contributed by atoms with Crippen molar-refractivity contribution in [3.05, 3.63) is 23.8 Å². The van der Waals surface area contributed by atoms with Gasteiger partial charge in [0.15, 0.2) is 0 Å². The van der Waals surface area contributed by atoms with Gasteiger partial charge in [0.05, 0.1) is 17.8 Å². The minimum atomic E-state index is -0.581. The van der Waals surface area contributed by atoms with Crippen LogP contribution in [0.15, 0.2) is 18.2 Å². The van der Waals surface area contributed by atoms with Crippen LogP contribution in [-0.4, -0.2) is 43.1 Å². The van der Waals surface area contributed by atoms with Crippen molar-refractivity contribution in [3.63, 3.8) is 0 Å². The topological polar surface area (TPSA) is 86.8 Å². The Morgan fingerprint density at radius 1 is 1.19 bits per heavy atom. The number of nitrogens with zero attached hydrogens (tertiary/aromatic N) is 2. The van der Waals surface area contributed by atoms with Crippen LogP contribution in [0.1, 0.15) is 17.3 Å². The number of anilines is 2. The predicted octanol–water partition coefficient (Wildman–Crippen LogP) is -0.303. The molecule has 1 fully saturated rings. The van der Waals surface area contributed by atoms with Gasteiger partial charge < -0.3 is 9.80 Å². The van der Waals surface area contributed by atoms with Crippen molar-refractivity contribution in [3.8, 4) is 0 Å². The van der Waals surface area contributed by atoms with Gasteiger partial charge in [-0.25, -0.2) is 0 Å². The van der Waals surface area contributed by atoms with E-state index < -0.39 is 17.7 Å². The van der Waals surface area contributed by atoms with Crippen LogP contribution in [0, 0.1) is 0 Å². The van der Waals surface area contributed by atoms with Crippen LogP contribution in [0.25, 0.3) is 0 Å². The molecule has 0 spiro atoms. The van der Waals surface area contributed by atoms with E-state index in [1.807, 2.05) is 0 Å². The second-order valence-corrected chi connectivity index (χ2v) is 5.11. The molecule has 1 aromatic rings. The number of Topliss-reactive ketones (excluding diaryl/α,β-unsaturated/α-hetero) is 1. The number of ketones is 1. The molecule has 1 N–H and O–H groups in total. The maximum atomic E-state index is 11.7. The Balaban J connectivity index is 2.02. The smallest absolute Gasteiger partial charge is 0.299 e. The summed E-state index contributed by atoms with van der Waals surface area (Å²) < 4.78 is 0. The van der Waals surface area contributed by atoms with Gasteiger partial charge in [0, 0.05) is 12.7 Å². The molecule has 0 saturated carbocycles. The molecule has 2 heterocycles. The molecule has 0 aromatic heterocycles. The van der Waals surface area contributed by atoms with Gasteiger partial charge >= 0.3 is 0 Å². The van der Waals surface area contributed by atoms with Gasteiger partial charge in [-0.2, -0.15) is 0 Å². The van der Waals surface area contributed by atoms with E-state index in [9.17, 15) is 19.2 Å². The van der Waals surface area contributed by atoms with Crippen molar-refractivity contribution < 1.29 is 19.2 Å². The summed E-state index contributed by atoms with van der Waals surface area (Å²) in [7, 11) is 1.52. The molecule has 2 aliphatic heterocycles. The number of fused-ring (bicyclic) bond motifs is 1. The number of piperazine rings is 1. The highest BCUT2D eigenvalue weighted by molar-refractivity contribution is 6.52. The zero-order valence-corrected chi connectivity index (χ0v) is 11.5. The second kappa shape index (κ2) is 4.41. The molecule has 7 heteroatoms. The molecule has 1 unspecified atom stereocenters. The largest absolute Gasteiger partial charge is 0.350 e. The van der Waals surface area contributed by atoms with E-state index >= 15 is 0 Å². The van der Waals surface area contributed by atoms with Crippen LogP contribution >= 0.6 is 0 Å². The third kappa shape index (κ3) is 1.89. The standard InChI is InChI=1S/C14H13N3O4/c1-7-13(20)15-11(18)6-17(7)8-3-4-9-10(5-8)16(2)14(21)12(9)19/h3-5,7H,6H2,1-2H3,(H,15,18,20). The summed E-state index contributed by atoms with van der Waals surface area (Å²) in [6.07, 6.45) is 0. The van der Waals surface area contributed by atoms with Crippen LogP contribution in [0.5, 0.6) is 0 Å². The molecule has 3 amide bonds. The fourth-order valence-corrected chi connectivity index (χ4v) is 2.57. The predicted molar refractivity (Wildman–Crippen MR) is 74.1 cm³/mol. The normalized spacial score (nSPS) is 21.7. The van der Waals surface area contributed by atoms with E-state index in [4.69, 9.17) is 0 Å². The second-order valence-electron chi connectivity index (χ2n) is 5.11. The highest BCUT2D eigenvalue weighted by atomic mass is 16.2. The molecule has 2 aliphatic rings. The van der Waals surface area contributed by atoms with Crippen LogP contribution in [0.3, 0.4) is 0 Å². The highest BCUT2D eigenvalue weighted by Gasteiger charge is 2.35. The molecular formula is C14H13N3O4. The van der Waals surface area contributed by atoms with Gasteiger partial charge in [-0.15, -0.1) is 0 Å². The Morgan fingerprint density at radius 2 is 1.90 bits per heavy atom. The molecule has 1 atom stereocenters. The molecule has 0 bridgehead atoms. The highest BCUT2D eigenvalue weighted by Crippen LogP contribution is 2.32. The van der Waals surface area contributed by atoms with Crippen LogP contribution in [0.2, 0.25) is 0 Å². The number of imide groups is 1. The number of rotatable bonds is 1. The van der Waals surface area contributed by atoms with Gasteiger partial charge in [0.2, 0.25) is 11.8 Å². The van der Waals surface area contributed by atoms with E-state index in [2.05, 4.69) is 5.32 Å². The van der Waals surface area contributed by atoms with Crippen LogP contribution < -0.4 is 15.1 Å². The summed E-state index contributed by atoms with van der Waals surface area (Å²) >= 11 is 0. The maximum Gasteiger partial charge on any atom is 0.299 e. The lowest BCUT2D eigenvalue weighted by molar-refractivity contribution is -0.132. The number of carbonyl (C=O) groups is 4. The number of nitrogens with one attached hydrogen (secondary N) is 1. The zero-order valence-electron chi connectivity index (χ0n) is 11.5. The Kier molecular flexibility index (Phi) is 2.79. The van der Waals surface area contributed by atoms with E-state index in [1.165, 1.54) is 11.9 Å². The summed E-state index contributed by atoms with van der Waals surface area (Å²) in [5.74, 6) is -1.87. The minimum Gasteiger partial charge on any atom is -0.350 e. The number of carbonyl (C=O) groups excluding carboxylic acids is 4. The molecule has 108 valence electrons. The third-order valence-corrected chi connectivity index (χ3v) is 3.84. The van der Waals surface area contributed by atoms with E-state index in [-0.39, 0.29) is 18.4 Å². The number of benzene rings is 1. The Hall–Kier alpha value is -2.70. The third-order valence-electron chi connectivity index (χ3n) is 3.84. The summed E-state index contributed by atoms with van der Waals surface area (Å²) in [6, 6.07) is 4.35. The molecule has 0 aliphatic carbocycles. The lowest BCUT2D eigenvalue weighted by Crippen LogP contribution is -2.57. The fourth-order valence-electron chi connectivity index (χ4n) is 2.57. The number of likely N-dealkylation sites (N-methyl/N-ethyl adjacent to an activating group) is 1. The molecule has 7 nitrogen and oxygen atoms in total. The summed E-state index contributed by atoms with van der Waals surface area (Å²) in [5.41, 5.74) is 1.46. The number of amides is 3. The number of hydrogen-bond donors (Lipinski definition) is 1. The van der Waals surface area contributed by atoms with Crippen LogP contribution in [-0.2, 0) is 14.4 Å². The maximum absolute atomic E-state index is 11.7. The van der Waals surface area contributed by atoms with Gasteiger partial charge in [-0.3, -0.25) is 24.5 Å². The van der Waals surface area contributed by atoms with Gasteiger partial charge in [-0.05, 0) is 25.1 Å². The monoisotopic (exact) mass is 287 g/mol. The van der Waals surface area contributed by atoms with Crippen molar-refractivity contribution >= 4 is 34.9 Å². The molecule has 3 rings (SSSR count). The first-order valence-corrected chi connectivity index (χ1v) is 6.47. The quantitative estimate of drug-likeness (QED) is 0.566. The first kappa shape index (κ1) is 13.3. The van der Waals surface area contributed by atoms with Gasteiger partial charge in [-0.1, -0.05) is 0 Å². The Morgan fingerprint density at radius 3 is 2.62 bits per heavy atom. The van der Waals surface area contributed by atoms with Crippen LogP contribution in [0.4, 0.5) is 11.4 Å².